The second-order valence-electron chi connectivity index (χ2n) is 3.52. The molecular weight excluding hydrogens is 188 g/mol. The van der Waals surface area contributed by atoms with E-state index in [1.54, 1.807) is 0 Å². The van der Waals surface area contributed by atoms with Crippen molar-refractivity contribution in [2.24, 2.45) is 5.92 Å². The van der Waals surface area contributed by atoms with Crippen molar-refractivity contribution >= 4 is 0 Å². The third-order valence-corrected chi connectivity index (χ3v) is 2.00. The predicted molar refractivity (Wildman–Crippen MR) is 59.5 cm³/mol. The van der Waals surface area contributed by atoms with Gasteiger partial charge in [0.25, 0.3) is 0 Å². The summed E-state index contributed by atoms with van der Waals surface area (Å²) >= 11 is 0. The van der Waals surface area contributed by atoms with E-state index in [9.17, 15) is 0 Å². The molecule has 80 valence electrons. The third kappa shape index (κ3) is 4.01. The number of rotatable bonds is 5. The van der Waals surface area contributed by atoms with Crippen molar-refractivity contribution in [3.05, 3.63) is 29.8 Å². The predicted octanol–water partition coefficient (Wildman–Crippen LogP) is 1.94. The minimum Gasteiger partial charge on any atom is -0.492 e. The van der Waals surface area contributed by atoms with Gasteiger partial charge in [-0.3, -0.25) is 0 Å². The molecule has 0 amide bonds. The highest BCUT2D eigenvalue weighted by molar-refractivity contribution is 5.28. The van der Waals surface area contributed by atoms with Gasteiger partial charge in [0.2, 0.25) is 0 Å². The van der Waals surface area contributed by atoms with E-state index in [1.807, 2.05) is 38.2 Å². The Morgan fingerprint density at radius 2 is 2.33 bits per heavy atom. The van der Waals surface area contributed by atoms with Crippen molar-refractivity contribution in [3.63, 3.8) is 0 Å². The molecule has 1 aromatic carbocycles. The molecule has 3 nitrogen and oxygen atoms in total. The third-order valence-electron chi connectivity index (χ3n) is 2.00. The number of nitrogens with zero attached hydrogens (tertiary/aromatic N) is 1. The van der Waals surface area contributed by atoms with E-state index in [0.29, 0.717) is 6.61 Å². The second-order valence-corrected chi connectivity index (χ2v) is 3.52. The van der Waals surface area contributed by atoms with Gasteiger partial charge < -0.3 is 10.1 Å². The molecule has 1 aromatic rings. The van der Waals surface area contributed by atoms with Crippen LogP contribution in [0.3, 0.4) is 0 Å². The SMILES string of the molecule is CNCc1cccc(OCC(C)C#N)c1. The number of ether oxygens (including phenoxy) is 1. The largest absolute Gasteiger partial charge is 0.492 e. The summed E-state index contributed by atoms with van der Waals surface area (Å²) in [7, 11) is 1.91. The number of benzene rings is 1. The van der Waals surface area contributed by atoms with Crippen molar-refractivity contribution in [1.82, 2.24) is 5.32 Å². The maximum atomic E-state index is 8.61. The van der Waals surface area contributed by atoms with Crippen LogP contribution in [0.2, 0.25) is 0 Å². The minimum atomic E-state index is -0.0713. The summed E-state index contributed by atoms with van der Waals surface area (Å²) in [6.45, 7) is 3.11. The molecule has 0 fully saturated rings. The molecule has 1 N–H and O–H groups in total. The molecule has 1 rings (SSSR count). The van der Waals surface area contributed by atoms with Gasteiger partial charge in [-0.1, -0.05) is 12.1 Å². The number of hydrogen-bond donors (Lipinski definition) is 1. The van der Waals surface area contributed by atoms with E-state index in [1.165, 1.54) is 5.56 Å². The highest BCUT2D eigenvalue weighted by atomic mass is 16.5. The Bertz CT molecular complexity index is 344. The van der Waals surface area contributed by atoms with E-state index >= 15 is 0 Å². The maximum absolute atomic E-state index is 8.61. The van der Waals surface area contributed by atoms with Gasteiger partial charge in [-0.2, -0.15) is 5.26 Å². The first kappa shape index (κ1) is 11.5. The summed E-state index contributed by atoms with van der Waals surface area (Å²) in [5.41, 5.74) is 1.18. The monoisotopic (exact) mass is 204 g/mol. The van der Waals surface area contributed by atoms with Crippen LogP contribution in [0.4, 0.5) is 0 Å². The van der Waals surface area contributed by atoms with Crippen molar-refractivity contribution in [1.29, 1.82) is 5.26 Å². The Morgan fingerprint density at radius 3 is 3.00 bits per heavy atom. The quantitative estimate of drug-likeness (QED) is 0.797. The summed E-state index contributed by atoms with van der Waals surface area (Å²) in [6, 6.07) is 10.0. The van der Waals surface area contributed by atoms with Gasteiger partial charge in [-0.25, -0.2) is 0 Å². The van der Waals surface area contributed by atoms with E-state index in [2.05, 4.69) is 11.4 Å². The van der Waals surface area contributed by atoms with Crippen LogP contribution in [0, 0.1) is 17.2 Å². The number of hydrogen-bond acceptors (Lipinski definition) is 3. The standard InChI is InChI=1S/C12H16N2O/c1-10(7-13)9-15-12-5-3-4-11(6-12)8-14-2/h3-6,10,14H,8-9H2,1-2H3. The van der Waals surface area contributed by atoms with Crippen LogP contribution in [0.25, 0.3) is 0 Å². The zero-order valence-corrected chi connectivity index (χ0v) is 9.16. The molecule has 0 bridgehead atoms. The minimum absolute atomic E-state index is 0.0713. The Balaban J connectivity index is 2.54. The fourth-order valence-corrected chi connectivity index (χ4v) is 1.21. The van der Waals surface area contributed by atoms with Gasteiger partial charge in [-0.05, 0) is 31.7 Å². The molecule has 0 heterocycles. The summed E-state index contributed by atoms with van der Waals surface area (Å²) in [5, 5.41) is 11.7. The first-order valence-corrected chi connectivity index (χ1v) is 5.02. The van der Waals surface area contributed by atoms with Crippen molar-refractivity contribution < 1.29 is 4.74 Å². The fraction of sp³-hybridized carbons (Fsp3) is 0.417. The smallest absolute Gasteiger partial charge is 0.119 e. The summed E-state index contributed by atoms with van der Waals surface area (Å²) < 4.78 is 5.50. The van der Waals surface area contributed by atoms with Gasteiger partial charge >= 0.3 is 0 Å². The molecule has 1 atom stereocenters. The van der Waals surface area contributed by atoms with Gasteiger partial charge in [0.05, 0.1) is 12.0 Å². The lowest BCUT2D eigenvalue weighted by Crippen LogP contribution is -2.07. The molecule has 0 aliphatic rings. The summed E-state index contributed by atoms with van der Waals surface area (Å²) in [4.78, 5) is 0. The van der Waals surface area contributed by atoms with Crippen LogP contribution in [-0.4, -0.2) is 13.7 Å². The highest BCUT2D eigenvalue weighted by Crippen LogP contribution is 2.13. The fourth-order valence-electron chi connectivity index (χ4n) is 1.21. The molecule has 1 unspecified atom stereocenters. The van der Waals surface area contributed by atoms with Crippen molar-refractivity contribution in [2.75, 3.05) is 13.7 Å². The average molecular weight is 204 g/mol. The van der Waals surface area contributed by atoms with Crippen molar-refractivity contribution in [2.45, 2.75) is 13.5 Å². The number of nitrogens with one attached hydrogen (secondary N) is 1. The molecule has 15 heavy (non-hydrogen) atoms. The number of nitriles is 1. The molecule has 0 aliphatic carbocycles. The van der Waals surface area contributed by atoms with E-state index in [-0.39, 0.29) is 5.92 Å². The Morgan fingerprint density at radius 1 is 1.53 bits per heavy atom. The van der Waals surface area contributed by atoms with Gasteiger partial charge in [-0.15, -0.1) is 0 Å². The van der Waals surface area contributed by atoms with E-state index in [4.69, 9.17) is 10.00 Å². The molecule has 0 saturated heterocycles. The molecule has 0 aliphatic heterocycles. The maximum Gasteiger partial charge on any atom is 0.119 e. The van der Waals surface area contributed by atoms with Crippen LogP contribution in [0.5, 0.6) is 5.75 Å². The van der Waals surface area contributed by atoms with Crippen LogP contribution >= 0.6 is 0 Å². The van der Waals surface area contributed by atoms with Gasteiger partial charge in [0.1, 0.15) is 12.4 Å². The Hall–Kier alpha value is -1.53. The normalized spacial score (nSPS) is 11.8. The molecule has 0 aromatic heterocycles. The summed E-state index contributed by atoms with van der Waals surface area (Å²) in [5.74, 6) is 0.753. The van der Waals surface area contributed by atoms with E-state index in [0.717, 1.165) is 12.3 Å². The Labute approximate surface area is 90.7 Å². The van der Waals surface area contributed by atoms with Crippen LogP contribution in [0.15, 0.2) is 24.3 Å². The molecular formula is C12H16N2O. The lowest BCUT2D eigenvalue weighted by atomic mass is 10.2. The molecule has 0 radical (unpaired) electrons. The Kier molecular flexibility index (Phi) is 4.65. The topological polar surface area (TPSA) is 45.0 Å². The lowest BCUT2D eigenvalue weighted by molar-refractivity contribution is 0.288. The molecule has 0 spiro atoms. The zero-order chi connectivity index (χ0) is 11.1. The van der Waals surface area contributed by atoms with Crippen LogP contribution in [0.1, 0.15) is 12.5 Å². The van der Waals surface area contributed by atoms with Gasteiger partial charge in [0.15, 0.2) is 0 Å². The lowest BCUT2D eigenvalue weighted by Gasteiger charge is -2.08. The van der Waals surface area contributed by atoms with Crippen molar-refractivity contribution in [3.8, 4) is 11.8 Å². The average Bonchev–Trinajstić information content (AvgIpc) is 2.27. The summed E-state index contributed by atoms with van der Waals surface area (Å²) in [6.07, 6.45) is 0. The van der Waals surface area contributed by atoms with Crippen LogP contribution in [-0.2, 0) is 6.54 Å². The van der Waals surface area contributed by atoms with Crippen LogP contribution < -0.4 is 10.1 Å². The zero-order valence-electron chi connectivity index (χ0n) is 9.16. The van der Waals surface area contributed by atoms with E-state index < -0.39 is 0 Å². The second kappa shape index (κ2) is 6.05. The van der Waals surface area contributed by atoms with Gasteiger partial charge in [0, 0.05) is 6.54 Å². The first-order chi connectivity index (χ1) is 7.26. The molecule has 3 heteroatoms. The first-order valence-electron chi connectivity index (χ1n) is 5.02. The molecule has 0 saturated carbocycles. The highest BCUT2D eigenvalue weighted by Gasteiger charge is 2.01.